The molecule has 0 N–H and O–H groups in total. The number of Topliss-reactive ketones (excluding diaryl/α,β-unsaturated/α-hetero) is 1. The van der Waals surface area contributed by atoms with E-state index in [1.54, 1.807) is 61.1 Å². The molecule has 3 rings (SSSR count). The van der Waals surface area contributed by atoms with Gasteiger partial charge in [-0.15, -0.1) is 0 Å². The van der Waals surface area contributed by atoms with Gasteiger partial charge in [-0.25, -0.2) is 4.79 Å². The summed E-state index contributed by atoms with van der Waals surface area (Å²) in [5.41, 5.74) is 1.11. The van der Waals surface area contributed by atoms with Crippen molar-refractivity contribution in [1.82, 2.24) is 9.47 Å². The average molecular weight is 311 g/mol. The summed E-state index contributed by atoms with van der Waals surface area (Å²) in [5, 5.41) is 0. The van der Waals surface area contributed by atoms with Crippen LogP contribution in [0.3, 0.4) is 0 Å². The molecule has 2 heterocycles. The molecule has 0 saturated carbocycles. The van der Waals surface area contributed by atoms with Crippen molar-refractivity contribution in [2.24, 2.45) is 7.05 Å². The fourth-order valence-electron chi connectivity index (χ4n) is 2.77. The quantitative estimate of drug-likeness (QED) is 0.641. The third kappa shape index (κ3) is 2.52. The van der Waals surface area contributed by atoms with Crippen LogP contribution in [0.15, 0.2) is 48.7 Å². The molecule has 0 spiro atoms. The number of aryl methyl sites for hydroxylation is 1. The molecule has 0 radical (unpaired) electrons. The van der Waals surface area contributed by atoms with Crippen molar-refractivity contribution < 1.29 is 14.4 Å². The van der Waals surface area contributed by atoms with Crippen molar-refractivity contribution in [2.45, 2.75) is 13.0 Å². The van der Waals surface area contributed by atoms with E-state index in [9.17, 15) is 14.4 Å². The first kappa shape index (κ1) is 15.0. The molecule has 118 valence electrons. The smallest absolute Gasteiger partial charge is 0.332 e. The molecule has 1 aromatic heterocycles. The first-order chi connectivity index (χ1) is 11.0. The number of para-hydroxylation sites is 1. The van der Waals surface area contributed by atoms with Gasteiger partial charge < -0.3 is 4.57 Å². The van der Waals surface area contributed by atoms with Crippen LogP contribution in [-0.2, 0) is 11.8 Å². The third-order valence-corrected chi connectivity index (χ3v) is 4.01. The highest BCUT2D eigenvalue weighted by Gasteiger charge is 2.44. The summed E-state index contributed by atoms with van der Waals surface area (Å²) in [7, 11) is 1.75. The van der Waals surface area contributed by atoms with Gasteiger partial charge in [-0.3, -0.25) is 19.4 Å². The van der Waals surface area contributed by atoms with E-state index in [1.807, 2.05) is 6.07 Å². The monoisotopic (exact) mass is 311 g/mol. The summed E-state index contributed by atoms with van der Waals surface area (Å²) in [6.07, 6.45) is 1.75. The van der Waals surface area contributed by atoms with E-state index in [1.165, 1.54) is 4.90 Å². The van der Waals surface area contributed by atoms with E-state index in [-0.39, 0.29) is 18.2 Å². The molecule has 2 aromatic rings. The Morgan fingerprint density at radius 3 is 2.39 bits per heavy atom. The van der Waals surface area contributed by atoms with E-state index in [2.05, 4.69) is 0 Å². The van der Waals surface area contributed by atoms with E-state index >= 15 is 0 Å². The van der Waals surface area contributed by atoms with Crippen LogP contribution in [0.5, 0.6) is 0 Å². The van der Waals surface area contributed by atoms with Gasteiger partial charge in [0.2, 0.25) is 0 Å². The van der Waals surface area contributed by atoms with Gasteiger partial charge in [0.15, 0.2) is 5.78 Å². The lowest BCUT2D eigenvalue weighted by Crippen LogP contribution is -2.37. The number of imide groups is 1. The number of anilines is 1. The van der Waals surface area contributed by atoms with Crippen LogP contribution in [0.2, 0.25) is 0 Å². The van der Waals surface area contributed by atoms with Gasteiger partial charge in [0.1, 0.15) is 6.04 Å². The minimum Gasteiger partial charge on any atom is -0.348 e. The molecule has 1 fully saturated rings. The lowest BCUT2D eigenvalue weighted by Gasteiger charge is -2.19. The second-order valence-electron chi connectivity index (χ2n) is 5.52. The number of aromatic nitrogens is 1. The van der Waals surface area contributed by atoms with Crippen molar-refractivity contribution in [2.75, 3.05) is 11.4 Å². The van der Waals surface area contributed by atoms with E-state index in [0.29, 0.717) is 11.4 Å². The predicted octanol–water partition coefficient (Wildman–Crippen LogP) is 2.07. The van der Waals surface area contributed by atoms with Crippen LogP contribution >= 0.6 is 0 Å². The highest BCUT2D eigenvalue weighted by molar-refractivity contribution is 6.16. The SMILES string of the molecule is CC1C(=O)N(CC(=O)c2cccn2C)C(=O)N1c1ccccc1. The first-order valence-electron chi connectivity index (χ1n) is 7.35. The summed E-state index contributed by atoms with van der Waals surface area (Å²) in [5.74, 6) is -0.622. The highest BCUT2D eigenvalue weighted by Crippen LogP contribution is 2.25. The topological polar surface area (TPSA) is 62.6 Å². The lowest BCUT2D eigenvalue weighted by atomic mass is 10.2. The number of hydrogen-bond donors (Lipinski definition) is 0. The predicted molar refractivity (Wildman–Crippen MR) is 85.2 cm³/mol. The molecule has 1 aliphatic heterocycles. The zero-order valence-corrected chi connectivity index (χ0v) is 13.0. The summed E-state index contributed by atoms with van der Waals surface area (Å²) in [6, 6.07) is 11.3. The summed E-state index contributed by atoms with van der Waals surface area (Å²) >= 11 is 0. The average Bonchev–Trinajstić information content (AvgIpc) is 3.06. The maximum absolute atomic E-state index is 12.6. The summed E-state index contributed by atoms with van der Waals surface area (Å²) < 4.78 is 1.67. The van der Waals surface area contributed by atoms with Gasteiger partial charge in [0.25, 0.3) is 5.91 Å². The Morgan fingerprint density at radius 1 is 1.09 bits per heavy atom. The Kier molecular flexibility index (Phi) is 3.73. The minimum absolute atomic E-state index is 0.247. The Labute approximate surface area is 133 Å². The molecular weight excluding hydrogens is 294 g/mol. The van der Waals surface area contributed by atoms with Gasteiger partial charge in [0, 0.05) is 18.9 Å². The van der Waals surface area contributed by atoms with Gasteiger partial charge in [0.05, 0.1) is 12.2 Å². The molecule has 23 heavy (non-hydrogen) atoms. The number of benzene rings is 1. The molecule has 3 amide bonds. The molecule has 1 atom stereocenters. The zero-order chi connectivity index (χ0) is 16.6. The van der Waals surface area contributed by atoms with Gasteiger partial charge in [-0.05, 0) is 31.2 Å². The largest absolute Gasteiger partial charge is 0.348 e. The Morgan fingerprint density at radius 2 is 1.78 bits per heavy atom. The maximum Gasteiger partial charge on any atom is 0.332 e. The van der Waals surface area contributed by atoms with Crippen LogP contribution in [0, 0.1) is 0 Å². The molecule has 1 aliphatic rings. The Hall–Kier alpha value is -2.89. The molecule has 0 aliphatic carbocycles. The number of ketones is 1. The first-order valence-corrected chi connectivity index (χ1v) is 7.35. The second kappa shape index (κ2) is 5.72. The lowest BCUT2D eigenvalue weighted by molar-refractivity contribution is -0.126. The van der Waals surface area contributed by atoms with E-state index < -0.39 is 12.1 Å². The van der Waals surface area contributed by atoms with E-state index in [4.69, 9.17) is 0 Å². The standard InChI is InChI=1S/C17H17N3O3/c1-12-16(22)19(11-15(21)14-9-6-10-18(14)2)17(23)20(12)13-7-4-3-5-8-13/h3-10,12H,11H2,1-2H3. The van der Waals surface area contributed by atoms with Crippen molar-refractivity contribution >= 4 is 23.4 Å². The number of hydrogen-bond acceptors (Lipinski definition) is 3. The van der Waals surface area contributed by atoms with Crippen LogP contribution < -0.4 is 4.90 Å². The molecule has 1 saturated heterocycles. The molecule has 1 aromatic carbocycles. The summed E-state index contributed by atoms with van der Waals surface area (Å²) in [4.78, 5) is 39.8. The number of amides is 3. The number of urea groups is 1. The summed E-state index contributed by atoms with van der Waals surface area (Å²) in [6.45, 7) is 1.42. The van der Waals surface area contributed by atoms with Gasteiger partial charge in [-0.1, -0.05) is 18.2 Å². The number of carbonyl (C=O) groups is 3. The fraction of sp³-hybridized carbons (Fsp3) is 0.235. The molecular formula is C17H17N3O3. The molecule has 6 heteroatoms. The van der Waals surface area contributed by atoms with Gasteiger partial charge >= 0.3 is 6.03 Å². The van der Waals surface area contributed by atoms with Crippen molar-refractivity contribution in [1.29, 1.82) is 0 Å². The van der Waals surface area contributed by atoms with Crippen molar-refractivity contribution in [3.63, 3.8) is 0 Å². The molecule has 1 unspecified atom stereocenters. The second-order valence-corrected chi connectivity index (χ2v) is 5.52. The van der Waals surface area contributed by atoms with Crippen LogP contribution in [0.4, 0.5) is 10.5 Å². The van der Waals surface area contributed by atoms with Gasteiger partial charge in [-0.2, -0.15) is 0 Å². The van der Waals surface area contributed by atoms with Crippen LogP contribution in [-0.4, -0.2) is 39.8 Å². The number of carbonyl (C=O) groups excluding carboxylic acids is 3. The highest BCUT2D eigenvalue weighted by atomic mass is 16.2. The van der Waals surface area contributed by atoms with Crippen molar-refractivity contribution in [3.05, 3.63) is 54.4 Å². The molecule has 0 bridgehead atoms. The third-order valence-electron chi connectivity index (χ3n) is 4.01. The maximum atomic E-state index is 12.6. The zero-order valence-electron chi connectivity index (χ0n) is 13.0. The Balaban J connectivity index is 1.84. The number of rotatable bonds is 4. The van der Waals surface area contributed by atoms with E-state index in [0.717, 1.165) is 4.90 Å². The minimum atomic E-state index is -0.619. The van der Waals surface area contributed by atoms with Crippen molar-refractivity contribution in [3.8, 4) is 0 Å². The normalized spacial score (nSPS) is 17.9. The Bertz CT molecular complexity index is 766. The number of nitrogens with zero attached hydrogens (tertiary/aromatic N) is 3. The fourth-order valence-corrected chi connectivity index (χ4v) is 2.77. The van der Waals surface area contributed by atoms with Crippen LogP contribution in [0.25, 0.3) is 0 Å². The van der Waals surface area contributed by atoms with Crippen LogP contribution in [0.1, 0.15) is 17.4 Å². The molecule has 6 nitrogen and oxygen atoms in total.